The Kier molecular flexibility index (Phi) is 5.09. The number of hydrogen-bond acceptors (Lipinski definition) is 4. The molecule has 0 aliphatic rings. The summed E-state index contributed by atoms with van der Waals surface area (Å²) < 4.78 is 30.1. The minimum Gasteiger partial charge on any atom is -0.495 e. The van der Waals surface area contributed by atoms with Crippen LogP contribution in [0.2, 0.25) is 5.02 Å². The molecule has 0 aliphatic carbocycles. The largest absolute Gasteiger partial charge is 0.495 e. The lowest BCUT2D eigenvalue weighted by molar-refractivity contribution is 0.415. The molecular formula is C17H14ClNO3S. The molecule has 0 radical (unpaired) electrons. The zero-order chi connectivity index (χ0) is 17.0. The molecule has 6 heteroatoms. The van der Waals surface area contributed by atoms with Crippen molar-refractivity contribution in [3.63, 3.8) is 0 Å². The lowest BCUT2D eigenvalue weighted by Gasteiger charge is -2.05. The number of rotatable bonds is 4. The zero-order valence-electron chi connectivity index (χ0n) is 12.6. The minimum absolute atomic E-state index is 0.0792. The molecule has 2 aromatic rings. The number of aryl methyl sites for hydroxylation is 1. The number of sulfone groups is 1. The second kappa shape index (κ2) is 6.86. The molecule has 0 atom stereocenters. The average molecular weight is 348 g/mol. The van der Waals surface area contributed by atoms with Crippen molar-refractivity contribution in [2.24, 2.45) is 0 Å². The van der Waals surface area contributed by atoms with E-state index in [0.717, 1.165) is 5.56 Å². The van der Waals surface area contributed by atoms with Gasteiger partial charge < -0.3 is 4.74 Å². The summed E-state index contributed by atoms with van der Waals surface area (Å²) >= 11 is 6.02. The monoisotopic (exact) mass is 347 g/mol. The van der Waals surface area contributed by atoms with Gasteiger partial charge in [-0.05, 0) is 42.8 Å². The maximum Gasteiger partial charge on any atom is 0.216 e. The summed E-state index contributed by atoms with van der Waals surface area (Å²) in [4.78, 5) is -0.266. The topological polar surface area (TPSA) is 67.2 Å². The summed E-state index contributed by atoms with van der Waals surface area (Å²) in [5.41, 5.74) is 1.44. The van der Waals surface area contributed by atoms with E-state index in [2.05, 4.69) is 0 Å². The molecule has 0 aliphatic heterocycles. The Bertz CT molecular complexity index is 894. The fourth-order valence-electron chi connectivity index (χ4n) is 1.94. The number of methoxy groups -OCH3 is 1. The third-order valence-corrected chi connectivity index (χ3v) is 5.18. The number of nitrogens with zero attached hydrogens (tertiary/aromatic N) is 1. The molecule has 0 aromatic heterocycles. The maximum atomic E-state index is 12.5. The molecule has 0 unspecified atom stereocenters. The normalized spacial score (nSPS) is 11.8. The highest BCUT2D eigenvalue weighted by Crippen LogP contribution is 2.27. The fourth-order valence-corrected chi connectivity index (χ4v) is 3.36. The van der Waals surface area contributed by atoms with Crippen LogP contribution in [0.15, 0.2) is 52.3 Å². The lowest BCUT2D eigenvalue weighted by atomic mass is 10.2. The van der Waals surface area contributed by atoms with Gasteiger partial charge in [-0.15, -0.1) is 0 Å². The van der Waals surface area contributed by atoms with Gasteiger partial charge in [-0.2, -0.15) is 5.26 Å². The first kappa shape index (κ1) is 17.1. The number of nitriles is 1. The van der Waals surface area contributed by atoms with Gasteiger partial charge in [0.25, 0.3) is 0 Å². The van der Waals surface area contributed by atoms with Gasteiger partial charge in [0.15, 0.2) is 0 Å². The van der Waals surface area contributed by atoms with E-state index in [9.17, 15) is 13.7 Å². The Balaban J connectivity index is 2.48. The quantitative estimate of drug-likeness (QED) is 0.784. The van der Waals surface area contributed by atoms with E-state index >= 15 is 0 Å². The maximum absolute atomic E-state index is 12.5. The number of allylic oxidation sites excluding steroid dienone is 1. The van der Waals surface area contributed by atoms with Crippen LogP contribution in [0.3, 0.4) is 0 Å². The smallest absolute Gasteiger partial charge is 0.216 e. The second-order valence-electron chi connectivity index (χ2n) is 4.83. The third kappa shape index (κ3) is 3.73. The molecule has 0 N–H and O–H groups in total. The Hall–Kier alpha value is -2.29. The van der Waals surface area contributed by atoms with Crippen LogP contribution in [-0.4, -0.2) is 15.5 Å². The number of hydrogen-bond donors (Lipinski definition) is 0. The van der Waals surface area contributed by atoms with E-state index in [1.807, 2.05) is 6.92 Å². The minimum atomic E-state index is -3.87. The van der Waals surface area contributed by atoms with E-state index in [4.69, 9.17) is 16.3 Å². The highest BCUT2D eigenvalue weighted by Gasteiger charge is 2.20. The van der Waals surface area contributed by atoms with Crippen LogP contribution in [0.1, 0.15) is 11.1 Å². The molecule has 0 heterocycles. The molecule has 2 aromatic carbocycles. The van der Waals surface area contributed by atoms with Gasteiger partial charge in [-0.25, -0.2) is 8.42 Å². The van der Waals surface area contributed by atoms with Gasteiger partial charge in [0.1, 0.15) is 16.7 Å². The first-order valence-corrected chi connectivity index (χ1v) is 8.51. The van der Waals surface area contributed by atoms with Crippen LogP contribution in [0, 0.1) is 18.3 Å². The van der Waals surface area contributed by atoms with Gasteiger partial charge >= 0.3 is 0 Å². The van der Waals surface area contributed by atoms with Crippen molar-refractivity contribution < 1.29 is 13.2 Å². The Morgan fingerprint density at radius 1 is 1.22 bits per heavy atom. The first-order chi connectivity index (χ1) is 10.9. The van der Waals surface area contributed by atoms with Crippen molar-refractivity contribution in [2.45, 2.75) is 11.8 Å². The first-order valence-electron chi connectivity index (χ1n) is 6.65. The van der Waals surface area contributed by atoms with Crippen molar-refractivity contribution in [1.82, 2.24) is 0 Å². The highest BCUT2D eigenvalue weighted by molar-refractivity contribution is 7.95. The van der Waals surface area contributed by atoms with Gasteiger partial charge in [0, 0.05) is 0 Å². The predicted molar refractivity (Wildman–Crippen MR) is 90.0 cm³/mol. The summed E-state index contributed by atoms with van der Waals surface area (Å²) in [5, 5.41) is 9.59. The summed E-state index contributed by atoms with van der Waals surface area (Å²) in [5.74, 6) is 0.476. The van der Waals surface area contributed by atoms with E-state index in [1.54, 1.807) is 36.4 Å². The van der Waals surface area contributed by atoms with Crippen LogP contribution in [0.25, 0.3) is 6.08 Å². The van der Waals surface area contributed by atoms with E-state index in [-0.39, 0.29) is 9.80 Å². The van der Waals surface area contributed by atoms with Crippen LogP contribution in [0.5, 0.6) is 5.75 Å². The summed E-state index contributed by atoms with van der Waals surface area (Å²) in [7, 11) is -2.38. The molecule has 0 spiro atoms. The Morgan fingerprint density at radius 3 is 2.39 bits per heavy atom. The molecule has 0 fully saturated rings. The Labute approximate surface area is 140 Å². The SMILES string of the molecule is COc1ccc(/C=C(\C#N)S(=O)(=O)c2ccc(C)cc2)cc1Cl. The van der Waals surface area contributed by atoms with Gasteiger partial charge in [-0.3, -0.25) is 0 Å². The van der Waals surface area contributed by atoms with Gasteiger partial charge in [0.2, 0.25) is 9.84 Å². The van der Waals surface area contributed by atoms with Crippen molar-refractivity contribution >= 4 is 27.5 Å². The van der Waals surface area contributed by atoms with Crippen LogP contribution in [0.4, 0.5) is 0 Å². The zero-order valence-corrected chi connectivity index (χ0v) is 14.1. The fraction of sp³-hybridized carbons (Fsp3) is 0.118. The third-order valence-electron chi connectivity index (χ3n) is 3.20. The van der Waals surface area contributed by atoms with Crippen molar-refractivity contribution in [3.05, 3.63) is 63.5 Å². The van der Waals surface area contributed by atoms with Crippen LogP contribution >= 0.6 is 11.6 Å². The number of ether oxygens (including phenoxy) is 1. The van der Waals surface area contributed by atoms with E-state index in [0.29, 0.717) is 16.3 Å². The summed E-state index contributed by atoms with van der Waals surface area (Å²) in [6, 6.07) is 12.9. The molecular weight excluding hydrogens is 334 g/mol. The van der Waals surface area contributed by atoms with Crippen molar-refractivity contribution in [2.75, 3.05) is 7.11 Å². The molecule has 23 heavy (non-hydrogen) atoms. The molecule has 0 saturated heterocycles. The van der Waals surface area contributed by atoms with Gasteiger partial charge in [0.05, 0.1) is 17.0 Å². The summed E-state index contributed by atoms with van der Waals surface area (Å²) in [6.45, 7) is 1.86. The standard InChI is InChI=1S/C17H14ClNO3S/c1-12-3-6-14(7-4-12)23(20,21)15(11-19)9-13-5-8-17(22-2)16(18)10-13/h3-10H,1-2H3/b15-9+. The van der Waals surface area contributed by atoms with Crippen LogP contribution < -0.4 is 4.74 Å². The highest BCUT2D eigenvalue weighted by atomic mass is 35.5. The average Bonchev–Trinajstić information content (AvgIpc) is 2.53. The molecule has 0 amide bonds. The predicted octanol–water partition coefficient (Wildman–Crippen LogP) is 4.00. The lowest BCUT2D eigenvalue weighted by Crippen LogP contribution is -2.03. The second-order valence-corrected chi connectivity index (χ2v) is 7.16. The van der Waals surface area contributed by atoms with Crippen molar-refractivity contribution in [3.8, 4) is 11.8 Å². The number of halogens is 1. The number of benzene rings is 2. The molecule has 2 rings (SSSR count). The van der Waals surface area contributed by atoms with E-state index in [1.165, 1.54) is 25.3 Å². The molecule has 118 valence electrons. The molecule has 4 nitrogen and oxygen atoms in total. The Morgan fingerprint density at radius 2 is 1.87 bits per heavy atom. The molecule has 0 bridgehead atoms. The molecule has 0 saturated carbocycles. The van der Waals surface area contributed by atoms with Crippen LogP contribution in [-0.2, 0) is 9.84 Å². The van der Waals surface area contributed by atoms with E-state index < -0.39 is 9.84 Å². The summed E-state index contributed by atoms with van der Waals surface area (Å²) in [6.07, 6.45) is 1.29. The van der Waals surface area contributed by atoms with Gasteiger partial charge in [-0.1, -0.05) is 35.4 Å². The van der Waals surface area contributed by atoms with Crippen molar-refractivity contribution in [1.29, 1.82) is 5.26 Å².